The lowest BCUT2D eigenvalue weighted by Crippen LogP contribution is -2.10. The van der Waals surface area contributed by atoms with Gasteiger partial charge in [0.05, 0.1) is 0 Å². The zero-order valence-electron chi connectivity index (χ0n) is 28.0. The van der Waals surface area contributed by atoms with Crippen molar-refractivity contribution in [2.24, 2.45) is 0 Å². The Morgan fingerprint density at radius 3 is 1.63 bits per heavy atom. The second-order valence-electron chi connectivity index (χ2n) is 14.1. The Labute approximate surface area is 291 Å². The number of rotatable bonds is 4. The molecule has 0 aliphatic carbocycles. The molecule has 0 saturated carbocycles. The Kier molecular flexibility index (Phi) is 7.00. The van der Waals surface area contributed by atoms with Gasteiger partial charge in [-0.15, -0.1) is 11.3 Å². The van der Waals surface area contributed by atoms with Gasteiger partial charge in [-0.25, -0.2) is 0 Å². The van der Waals surface area contributed by atoms with Crippen molar-refractivity contribution in [1.29, 1.82) is 0 Å². The van der Waals surface area contributed by atoms with E-state index in [0.29, 0.717) is 0 Å². The first-order valence-electron chi connectivity index (χ1n) is 17.1. The van der Waals surface area contributed by atoms with E-state index in [1.165, 1.54) is 91.8 Å². The molecule has 0 radical (unpaired) electrons. The number of thiophene rings is 1. The van der Waals surface area contributed by atoms with Crippen LogP contribution in [0.15, 0.2) is 164 Å². The molecule has 0 amide bonds. The second kappa shape index (κ2) is 11.6. The van der Waals surface area contributed by atoms with Gasteiger partial charge in [0, 0.05) is 20.2 Å². The zero-order valence-corrected chi connectivity index (χ0v) is 28.8. The predicted molar refractivity (Wildman–Crippen MR) is 215 cm³/mol. The Hall–Kier alpha value is -5.50. The van der Waals surface area contributed by atoms with Crippen LogP contribution in [0.5, 0.6) is 0 Å². The van der Waals surface area contributed by atoms with Crippen LogP contribution in [0.3, 0.4) is 0 Å². The van der Waals surface area contributed by atoms with Crippen molar-refractivity contribution in [2.45, 2.75) is 26.2 Å². The molecular weight excluding hydrogens is 609 g/mol. The molecule has 0 saturated heterocycles. The molecule has 0 N–H and O–H groups in total. The minimum atomic E-state index is 0.0407. The van der Waals surface area contributed by atoms with Gasteiger partial charge in [-0.1, -0.05) is 160 Å². The van der Waals surface area contributed by atoms with Gasteiger partial charge in [-0.3, -0.25) is 0 Å². The summed E-state index contributed by atoms with van der Waals surface area (Å²) in [5, 5.41) is 7.80. The molecule has 0 aliphatic rings. The highest BCUT2D eigenvalue weighted by molar-refractivity contribution is 7.26. The molecule has 1 heteroatoms. The lowest BCUT2D eigenvalue weighted by molar-refractivity contribution is 0.591. The molecule has 49 heavy (non-hydrogen) atoms. The van der Waals surface area contributed by atoms with E-state index < -0.39 is 0 Å². The van der Waals surface area contributed by atoms with Crippen molar-refractivity contribution in [3.8, 4) is 44.5 Å². The molecule has 0 fully saturated rings. The molecule has 8 aromatic carbocycles. The first kappa shape index (κ1) is 29.6. The molecule has 1 aromatic heterocycles. The lowest BCUT2D eigenvalue weighted by atomic mass is 9.81. The van der Waals surface area contributed by atoms with Crippen LogP contribution in [0.1, 0.15) is 26.3 Å². The van der Waals surface area contributed by atoms with Crippen LogP contribution < -0.4 is 0 Å². The van der Waals surface area contributed by atoms with Crippen molar-refractivity contribution < 1.29 is 0 Å². The highest BCUT2D eigenvalue weighted by atomic mass is 32.1. The first-order valence-corrected chi connectivity index (χ1v) is 17.9. The van der Waals surface area contributed by atoms with Gasteiger partial charge in [0.1, 0.15) is 0 Å². The maximum atomic E-state index is 2.44. The SMILES string of the molecule is CC(C)(C)c1ccc2c(-c3ccccc3)c3cc(-c4cccc(-c5cccc6c5sc5ccccc56)c4)ccc3c(-c3ccccc3)c2c1. The van der Waals surface area contributed by atoms with Crippen LogP contribution in [0.4, 0.5) is 0 Å². The summed E-state index contributed by atoms with van der Waals surface area (Å²) in [4.78, 5) is 0. The molecular formula is C48H36S. The number of hydrogen-bond acceptors (Lipinski definition) is 1. The number of benzene rings is 8. The molecule has 234 valence electrons. The van der Waals surface area contributed by atoms with E-state index in [4.69, 9.17) is 0 Å². The first-order chi connectivity index (χ1) is 23.9. The molecule has 0 spiro atoms. The summed E-state index contributed by atoms with van der Waals surface area (Å²) >= 11 is 1.89. The average molecular weight is 645 g/mol. The Balaban J connectivity index is 1.31. The van der Waals surface area contributed by atoms with Crippen LogP contribution in [-0.2, 0) is 5.41 Å². The largest absolute Gasteiger partial charge is 0.135 e. The van der Waals surface area contributed by atoms with Gasteiger partial charge in [0.2, 0.25) is 0 Å². The van der Waals surface area contributed by atoms with E-state index in [9.17, 15) is 0 Å². The molecule has 9 rings (SSSR count). The van der Waals surface area contributed by atoms with Crippen molar-refractivity contribution in [1.82, 2.24) is 0 Å². The predicted octanol–water partition coefficient (Wildman–Crippen LogP) is 14.3. The number of hydrogen-bond donors (Lipinski definition) is 0. The fourth-order valence-electron chi connectivity index (χ4n) is 7.55. The number of fused-ring (bicyclic) bond motifs is 5. The van der Waals surface area contributed by atoms with Gasteiger partial charge in [0.15, 0.2) is 0 Å². The van der Waals surface area contributed by atoms with Gasteiger partial charge in [0.25, 0.3) is 0 Å². The summed E-state index contributed by atoms with van der Waals surface area (Å²) in [5.74, 6) is 0. The van der Waals surface area contributed by atoms with E-state index in [0.717, 1.165) is 0 Å². The van der Waals surface area contributed by atoms with Crippen molar-refractivity contribution in [2.75, 3.05) is 0 Å². The fraction of sp³-hybridized carbons (Fsp3) is 0.0833. The summed E-state index contributed by atoms with van der Waals surface area (Å²) in [6.07, 6.45) is 0. The van der Waals surface area contributed by atoms with Crippen LogP contribution in [-0.4, -0.2) is 0 Å². The van der Waals surface area contributed by atoms with Crippen molar-refractivity contribution in [3.63, 3.8) is 0 Å². The average Bonchev–Trinajstić information content (AvgIpc) is 3.53. The van der Waals surface area contributed by atoms with E-state index in [1.807, 2.05) is 11.3 Å². The molecule has 0 nitrogen and oxygen atoms in total. The Morgan fingerprint density at radius 1 is 0.367 bits per heavy atom. The Morgan fingerprint density at radius 2 is 0.918 bits per heavy atom. The van der Waals surface area contributed by atoms with Crippen molar-refractivity contribution in [3.05, 3.63) is 169 Å². The summed E-state index contributed by atoms with van der Waals surface area (Å²) in [5.41, 5.74) is 11.4. The second-order valence-corrected chi connectivity index (χ2v) is 15.2. The minimum Gasteiger partial charge on any atom is -0.135 e. The zero-order chi connectivity index (χ0) is 33.1. The lowest BCUT2D eigenvalue weighted by Gasteiger charge is -2.23. The molecule has 0 aliphatic heterocycles. The van der Waals surface area contributed by atoms with Crippen LogP contribution in [0.2, 0.25) is 0 Å². The minimum absolute atomic E-state index is 0.0407. The molecule has 0 bridgehead atoms. The Bertz CT molecular complexity index is 2670. The third-order valence-corrected chi connectivity index (χ3v) is 11.2. The van der Waals surface area contributed by atoms with E-state index in [1.54, 1.807) is 0 Å². The van der Waals surface area contributed by atoms with Gasteiger partial charge >= 0.3 is 0 Å². The van der Waals surface area contributed by atoms with Crippen LogP contribution >= 0.6 is 11.3 Å². The highest BCUT2D eigenvalue weighted by Crippen LogP contribution is 2.46. The van der Waals surface area contributed by atoms with Crippen LogP contribution in [0.25, 0.3) is 86.2 Å². The van der Waals surface area contributed by atoms with E-state index in [2.05, 4.69) is 185 Å². The fourth-order valence-corrected chi connectivity index (χ4v) is 8.79. The molecule has 1 heterocycles. The third-order valence-electron chi connectivity index (χ3n) is 10.0. The highest BCUT2D eigenvalue weighted by Gasteiger charge is 2.21. The van der Waals surface area contributed by atoms with Crippen LogP contribution in [0, 0.1) is 0 Å². The smallest absolute Gasteiger partial charge is 0.0433 e. The van der Waals surface area contributed by atoms with E-state index >= 15 is 0 Å². The summed E-state index contributed by atoms with van der Waals surface area (Å²) in [6, 6.07) is 60.7. The molecule has 0 unspecified atom stereocenters. The van der Waals surface area contributed by atoms with Gasteiger partial charge in [-0.05, 0) is 101 Å². The summed E-state index contributed by atoms with van der Waals surface area (Å²) in [7, 11) is 0. The maximum absolute atomic E-state index is 2.44. The van der Waals surface area contributed by atoms with Gasteiger partial charge < -0.3 is 0 Å². The van der Waals surface area contributed by atoms with E-state index in [-0.39, 0.29) is 5.41 Å². The van der Waals surface area contributed by atoms with Gasteiger partial charge in [-0.2, -0.15) is 0 Å². The third kappa shape index (κ3) is 5.05. The molecule has 0 atom stereocenters. The monoisotopic (exact) mass is 644 g/mol. The summed E-state index contributed by atoms with van der Waals surface area (Å²) < 4.78 is 2.68. The quantitative estimate of drug-likeness (QED) is 0.167. The topological polar surface area (TPSA) is 0 Å². The van der Waals surface area contributed by atoms with Crippen molar-refractivity contribution >= 4 is 53.1 Å². The maximum Gasteiger partial charge on any atom is 0.0433 e. The normalized spacial score (nSPS) is 12.0. The summed E-state index contributed by atoms with van der Waals surface area (Å²) in [6.45, 7) is 6.91. The molecule has 9 aromatic rings. The standard InChI is InChI=1S/C48H36S/c1-48(2,3)36-25-27-40-43(30-36)46(32-16-8-5-9-17-32)39-26-24-34(29-42(39)45(40)31-14-6-4-7-15-31)33-18-12-19-35(28-33)37-21-13-22-41-38-20-10-11-23-44(38)49-47(37)41/h4-30H,1-3H3.